The molecule has 0 bridgehead atoms. The van der Waals surface area contributed by atoms with Gasteiger partial charge >= 0.3 is 0 Å². The Balaban J connectivity index is 1.50. The highest BCUT2D eigenvalue weighted by atomic mass is 32.1. The van der Waals surface area contributed by atoms with E-state index < -0.39 is 0 Å². The first kappa shape index (κ1) is 16.0. The molecule has 1 atom stereocenters. The van der Waals surface area contributed by atoms with Gasteiger partial charge in [0, 0.05) is 29.4 Å². The number of rotatable bonds is 6. The summed E-state index contributed by atoms with van der Waals surface area (Å²) in [6.45, 7) is 2.02. The zero-order chi connectivity index (χ0) is 17.2. The number of aromatic nitrogens is 2. The molecule has 128 valence electrons. The fraction of sp³-hybridized carbons (Fsp3) is 0.316. The molecule has 0 aliphatic heterocycles. The molecule has 1 unspecified atom stereocenters. The van der Waals surface area contributed by atoms with Gasteiger partial charge < -0.3 is 9.32 Å². The Morgan fingerprint density at radius 3 is 2.96 bits per heavy atom. The highest BCUT2D eigenvalue weighted by Crippen LogP contribution is 2.35. The van der Waals surface area contributed by atoms with E-state index in [2.05, 4.69) is 9.97 Å². The average molecular weight is 353 g/mol. The van der Waals surface area contributed by atoms with Crippen LogP contribution in [0.15, 0.2) is 52.7 Å². The van der Waals surface area contributed by atoms with Gasteiger partial charge in [-0.1, -0.05) is 0 Å². The van der Waals surface area contributed by atoms with Gasteiger partial charge in [-0.15, -0.1) is 11.3 Å². The molecule has 1 fully saturated rings. The highest BCUT2D eigenvalue weighted by molar-refractivity contribution is 7.13. The predicted octanol–water partition coefficient (Wildman–Crippen LogP) is 4.09. The van der Waals surface area contributed by atoms with Crippen molar-refractivity contribution in [3.8, 4) is 10.6 Å². The third-order valence-corrected chi connectivity index (χ3v) is 5.33. The molecule has 0 radical (unpaired) electrons. The zero-order valence-electron chi connectivity index (χ0n) is 14.0. The molecule has 3 aromatic heterocycles. The van der Waals surface area contributed by atoms with Gasteiger partial charge in [-0.25, -0.2) is 4.98 Å². The van der Waals surface area contributed by atoms with E-state index >= 15 is 0 Å². The SMILES string of the molecule is CC(c1ccco1)N(C(=O)Cc1csc(-c2cccnc2)n1)C1CC1. The van der Waals surface area contributed by atoms with Crippen LogP contribution in [-0.2, 0) is 11.2 Å². The van der Waals surface area contributed by atoms with Crippen molar-refractivity contribution in [2.45, 2.75) is 38.3 Å². The van der Waals surface area contributed by atoms with Crippen molar-refractivity contribution in [1.82, 2.24) is 14.9 Å². The Morgan fingerprint density at radius 2 is 2.28 bits per heavy atom. The number of nitrogens with zero attached hydrogens (tertiary/aromatic N) is 3. The topological polar surface area (TPSA) is 59.2 Å². The molecule has 1 saturated carbocycles. The molecule has 0 N–H and O–H groups in total. The highest BCUT2D eigenvalue weighted by Gasteiger charge is 2.37. The summed E-state index contributed by atoms with van der Waals surface area (Å²) in [4.78, 5) is 23.6. The molecular weight excluding hydrogens is 334 g/mol. The summed E-state index contributed by atoms with van der Waals surface area (Å²) in [5.74, 6) is 0.934. The summed E-state index contributed by atoms with van der Waals surface area (Å²) >= 11 is 1.55. The molecule has 1 aliphatic carbocycles. The summed E-state index contributed by atoms with van der Waals surface area (Å²) in [5, 5.41) is 2.86. The molecular formula is C19H19N3O2S. The van der Waals surface area contributed by atoms with Gasteiger partial charge in [0.2, 0.25) is 5.91 Å². The molecule has 25 heavy (non-hydrogen) atoms. The molecule has 4 rings (SSSR count). The number of carbonyl (C=O) groups is 1. The van der Waals surface area contributed by atoms with Gasteiger partial charge in [-0.2, -0.15) is 0 Å². The van der Waals surface area contributed by atoms with Gasteiger partial charge in [-0.05, 0) is 44.0 Å². The van der Waals surface area contributed by atoms with Crippen LogP contribution in [0.4, 0.5) is 0 Å². The van der Waals surface area contributed by atoms with Crippen molar-refractivity contribution in [3.05, 3.63) is 59.8 Å². The van der Waals surface area contributed by atoms with Crippen LogP contribution in [-0.4, -0.2) is 26.8 Å². The lowest BCUT2D eigenvalue weighted by Gasteiger charge is -2.28. The van der Waals surface area contributed by atoms with Crippen LogP contribution in [0.25, 0.3) is 10.6 Å². The Bertz CT molecular complexity index is 841. The normalized spacial score (nSPS) is 15.1. The standard InChI is InChI=1S/C19H19N3O2S/c1-13(17-5-3-9-24-17)22(16-6-7-16)18(23)10-15-12-25-19(21-15)14-4-2-8-20-11-14/h2-5,8-9,11-13,16H,6-7,10H2,1H3. The summed E-state index contributed by atoms with van der Waals surface area (Å²) in [7, 11) is 0. The largest absolute Gasteiger partial charge is 0.467 e. The van der Waals surface area contributed by atoms with Crippen LogP contribution in [0, 0.1) is 0 Å². The van der Waals surface area contributed by atoms with Crippen LogP contribution in [0.1, 0.15) is 37.3 Å². The van der Waals surface area contributed by atoms with Crippen molar-refractivity contribution < 1.29 is 9.21 Å². The first-order valence-electron chi connectivity index (χ1n) is 8.42. The zero-order valence-corrected chi connectivity index (χ0v) is 14.8. The minimum absolute atomic E-state index is 0.0496. The Hall–Kier alpha value is -2.47. The first-order chi connectivity index (χ1) is 12.2. The van der Waals surface area contributed by atoms with E-state index in [4.69, 9.17) is 4.42 Å². The smallest absolute Gasteiger partial charge is 0.229 e. The Labute approximate surface area is 150 Å². The van der Waals surface area contributed by atoms with E-state index in [-0.39, 0.29) is 11.9 Å². The third-order valence-electron chi connectivity index (χ3n) is 4.39. The van der Waals surface area contributed by atoms with Crippen LogP contribution in [0.2, 0.25) is 0 Å². The number of furan rings is 1. The van der Waals surface area contributed by atoms with E-state index in [1.165, 1.54) is 0 Å². The number of hydrogen-bond acceptors (Lipinski definition) is 5. The van der Waals surface area contributed by atoms with Gasteiger partial charge in [0.05, 0.1) is 24.4 Å². The number of amides is 1. The van der Waals surface area contributed by atoms with Gasteiger partial charge in [0.1, 0.15) is 10.8 Å². The second kappa shape index (κ2) is 6.80. The van der Waals surface area contributed by atoms with Crippen molar-refractivity contribution in [2.75, 3.05) is 0 Å². The molecule has 1 aliphatic rings. The predicted molar refractivity (Wildman–Crippen MR) is 96.0 cm³/mol. The third kappa shape index (κ3) is 3.49. The Kier molecular flexibility index (Phi) is 4.36. The molecule has 6 heteroatoms. The number of hydrogen-bond donors (Lipinski definition) is 0. The quantitative estimate of drug-likeness (QED) is 0.670. The van der Waals surface area contributed by atoms with Gasteiger partial charge in [-0.3, -0.25) is 9.78 Å². The van der Waals surface area contributed by atoms with Gasteiger partial charge in [0.25, 0.3) is 0 Å². The molecule has 5 nitrogen and oxygen atoms in total. The maximum Gasteiger partial charge on any atom is 0.229 e. The fourth-order valence-corrected chi connectivity index (χ4v) is 3.82. The second-order valence-electron chi connectivity index (χ2n) is 6.29. The molecule has 0 spiro atoms. The molecule has 3 aromatic rings. The van der Waals surface area contributed by atoms with Crippen LogP contribution in [0.3, 0.4) is 0 Å². The number of thiazole rings is 1. The number of pyridine rings is 1. The maximum atomic E-state index is 12.9. The van der Waals surface area contributed by atoms with E-state index in [1.807, 2.05) is 41.5 Å². The van der Waals surface area contributed by atoms with Gasteiger partial charge in [0.15, 0.2) is 0 Å². The minimum Gasteiger partial charge on any atom is -0.467 e. The van der Waals surface area contributed by atoms with Crippen molar-refractivity contribution in [1.29, 1.82) is 0 Å². The fourth-order valence-electron chi connectivity index (χ4n) is 3.01. The van der Waals surface area contributed by atoms with Crippen molar-refractivity contribution >= 4 is 17.2 Å². The van der Waals surface area contributed by atoms with Crippen LogP contribution >= 0.6 is 11.3 Å². The lowest BCUT2D eigenvalue weighted by atomic mass is 10.2. The van der Waals surface area contributed by atoms with E-state index in [0.29, 0.717) is 12.5 Å². The lowest BCUT2D eigenvalue weighted by Crippen LogP contribution is -2.36. The lowest BCUT2D eigenvalue weighted by molar-refractivity contribution is -0.133. The van der Waals surface area contributed by atoms with Crippen LogP contribution in [0.5, 0.6) is 0 Å². The Morgan fingerprint density at radius 1 is 1.40 bits per heavy atom. The second-order valence-corrected chi connectivity index (χ2v) is 7.14. The minimum atomic E-state index is -0.0496. The van der Waals surface area contributed by atoms with Crippen molar-refractivity contribution in [2.24, 2.45) is 0 Å². The van der Waals surface area contributed by atoms with E-state index in [0.717, 1.165) is 34.9 Å². The first-order valence-corrected chi connectivity index (χ1v) is 9.29. The summed E-state index contributed by atoms with van der Waals surface area (Å²) in [5.41, 5.74) is 1.79. The maximum absolute atomic E-state index is 12.9. The average Bonchev–Trinajstić information content (AvgIpc) is 3.13. The molecule has 1 amide bonds. The molecule has 3 heterocycles. The molecule has 0 aromatic carbocycles. The van der Waals surface area contributed by atoms with E-state index in [1.54, 1.807) is 30.0 Å². The van der Waals surface area contributed by atoms with E-state index in [9.17, 15) is 4.79 Å². The number of carbonyl (C=O) groups excluding carboxylic acids is 1. The molecule has 0 saturated heterocycles. The monoisotopic (exact) mass is 353 g/mol. The van der Waals surface area contributed by atoms with Crippen molar-refractivity contribution in [3.63, 3.8) is 0 Å². The van der Waals surface area contributed by atoms with Crippen LogP contribution < -0.4 is 0 Å². The summed E-state index contributed by atoms with van der Waals surface area (Å²) in [6, 6.07) is 7.93. The summed E-state index contributed by atoms with van der Waals surface area (Å²) < 4.78 is 5.50. The summed E-state index contributed by atoms with van der Waals surface area (Å²) in [6.07, 6.45) is 7.63.